The average molecular weight is 382 g/mol. The SMILES string of the molecule is COc1ccc(Cn2nnnc2-c2ccc(-c3n[nH]c4ccccc34)cc2)cc1. The molecule has 0 bridgehead atoms. The Morgan fingerprint density at radius 3 is 2.45 bits per heavy atom. The van der Waals surface area contributed by atoms with Gasteiger partial charge in [0.2, 0.25) is 0 Å². The second kappa shape index (κ2) is 7.20. The molecule has 0 radical (unpaired) electrons. The highest BCUT2D eigenvalue weighted by atomic mass is 16.5. The number of nitrogens with zero attached hydrogens (tertiary/aromatic N) is 5. The van der Waals surface area contributed by atoms with Crippen LogP contribution in [0.5, 0.6) is 5.75 Å². The van der Waals surface area contributed by atoms with Crippen LogP contribution in [-0.4, -0.2) is 37.5 Å². The smallest absolute Gasteiger partial charge is 0.182 e. The predicted molar refractivity (Wildman–Crippen MR) is 110 cm³/mol. The molecule has 1 N–H and O–H groups in total. The summed E-state index contributed by atoms with van der Waals surface area (Å²) in [5, 5.41) is 20.9. The van der Waals surface area contributed by atoms with E-state index in [9.17, 15) is 0 Å². The van der Waals surface area contributed by atoms with Gasteiger partial charge in [0, 0.05) is 16.5 Å². The number of para-hydroxylation sites is 1. The fourth-order valence-electron chi connectivity index (χ4n) is 3.38. The highest BCUT2D eigenvalue weighted by molar-refractivity contribution is 5.92. The van der Waals surface area contributed by atoms with Gasteiger partial charge in [-0.1, -0.05) is 54.6 Å². The number of hydrogen-bond acceptors (Lipinski definition) is 5. The largest absolute Gasteiger partial charge is 0.497 e. The molecule has 0 spiro atoms. The zero-order valence-electron chi connectivity index (χ0n) is 15.8. The van der Waals surface area contributed by atoms with E-state index in [1.165, 1.54) is 0 Å². The lowest BCUT2D eigenvalue weighted by Gasteiger charge is -2.07. The van der Waals surface area contributed by atoms with Gasteiger partial charge in [-0.3, -0.25) is 5.10 Å². The van der Waals surface area contributed by atoms with E-state index in [0.717, 1.165) is 44.9 Å². The number of rotatable bonds is 5. The molecule has 0 atom stereocenters. The van der Waals surface area contributed by atoms with E-state index in [1.54, 1.807) is 11.8 Å². The van der Waals surface area contributed by atoms with Crippen molar-refractivity contribution in [1.82, 2.24) is 30.4 Å². The van der Waals surface area contributed by atoms with Gasteiger partial charge in [-0.25, -0.2) is 4.68 Å². The van der Waals surface area contributed by atoms with E-state index in [0.29, 0.717) is 6.54 Å². The van der Waals surface area contributed by atoms with Crippen molar-refractivity contribution < 1.29 is 4.74 Å². The van der Waals surface area contributed by atoms with E-state index in [4.69, 9.17) is 4.74 Å². The van der Waals surface area contributed by atoms with Crippen molar-refractivity contribution in [2.75, 3.05) is 7.11 Å². The maximum Gasteiger partial charge on any atom is 0.182 e. The molecule has 0 saturated carbocycles. The molecule has 0 fully saturated rings. The van der Waals surface area contributed by atoms with Crippen LogP contribution in [0.4, 0.5) is 0 Å². The maximum absolute atomic E-state index is 5.21. The van der Waals surface area contributed by atoms with Crippen LogP contribution in [0.2, 0.25) is 0 Å². The van der Waals surface area contributed by atoms with Gasteiger partial charge in [0.15, 0.2) is 5.82 Å². The molecule has 3 aromatic carbocycles. The third-order valence-electron chi connectivity index (χ3n) is 4.91. The van der Waals surface area contributed by atoms with Gasteiger partial charge in [0.05, 0.1) is 24.9 Å². The number of ether oxygens (including phenoxy) is 1. The minimum atomic E-state index is 0.581. The minimum absolute atomic E-state index is 0.581. The molecule has 2 heterocycles. The van der Waals surface area contributed by atoms with Crippen molar-refractivity contribution >= 4 is 10.9 Å². The molecule has 2 aromatic heterocycles. The number of aromatic nitrogens is 6. The second-order valence-corrected chi connectivity index (χ2v) is 6.70. The number of tetrazole rings is 1. The standard InChI is InChI=1S/C22H18N6O/c1-29-18-12-6-15(7-13-18)14-28-22(25-26-27-28)17-10-8-16(9-11-17)21-19-4-2-3-5-20(19)23-24-21/h2-13H,14H2,1H3,(H,23,24). The van der Waals surface area contributed by atoms with Crippen molar-refractivity contribution in [3.8, 4) is 28.4 Å². The summed E-state index contributed by atoms with van der Waals surface area (Å²) in [5.41, 5.74) is 5.05. The van der Waals surface area contributed by atoms with Crippen molar-refractivity contribution in [3.63, 3.8) is 0 Å². The molecule has 142 valence electrons. The van der Waals surface area contributed by atoms with E-state index in [-0.39, 0.29) is 0 Å². The molecular formula is C22H18N6O. The first-order chi connectivity index (χ1) is 14.3. The van der Waals surface area contributed by atoms with Gasteiger partial charge in [-0.2, -0.15) is 5.10 Å². The van der Waals surface area contributed by atoms with Gasteiger partial charge < -0.3 is 4.74 Å². The fraction of sp³-hybridized carbons (Fsp3) is 0.0909. The first-order valence-electron chi connectivity index (χ1n) is 9.25. The topological polar surface area (TPSA) is 81.5 Å². The lowest BCUT2D eigenvalue weighted by molar-refractivity contribution is 0.414. The molecule has 5 rings (SSSR count). The van der Waals surface area contributed by atoms with Crippen molar-refractivity contribution in [2.24, 2.45) is 0 Å². The summed E-state index contributed by atoms with van der Waals surface area (Å²) in [6, 6.07) is 24.1. The van der Waals surface area contributed by atoms with Crippen LogP contribution >= 0.6 is 0 Å². The monoisotopic (exact) mass is 382 g/mol. The summed E-state index contributed by atoms with van der Waals surface area (Å²) >= 11 is 0. The molecule has 0 aliphatic carbocycles. The van der Waals surface area contributed by atoms with Crippen LogP contribution in [0, 0.1) is 0 Å². The average Bonchev–Trinajstić information content (AvgIpc) is 3.41. The molecular weight excluding hydrogens is 364 g/mol. The van der Waals surface area contributed by atoms with Crippen molar-refractivity contribution in [2.45, 2.75) is 6.54 Å². The quantitative estimate of drug-likeness (QED) is 0.498. The van der Waals surface area contributed by atoms with Crippen LogP contribution in [-0.2, 0) is 6.54 Å². The van der Waals surface area contributed by atoms with Crippen LogP contribution in [0.25, 0.3) is 33.5 Å². The fourth-order valence-corrected chi connectivity index (χ4v) is 3.38. The van der Waals surface area contributed by atoms with Gasteiger partial charge >= 0.3 is 0 Å². The Balaban J connectivity index is 1.43. The first kappa shape index (κ1) is 17.1. The number of benzene rings is 3. The number of hydrogen-bond donors (Lipinski definition) is 1. The zero-order chi connectivity index (χ0) is 19.6. The van der Waals surface area contributed by atoms with E-state index < -0.39 is 0 Å². The highest BCUT2D eigenvalue weighted by Gasteiger charge is 2.12. The van der Waals surface area contributed by atoms with Gasteiger partial charge in [-0.15, -0.1) is 5.10 Å². The number of H-pyrrole nitrogens is 1. The summed E-state index contributed by atoms with van der Waals surface area (Å²) in [4.78, 5) is 0. The summed E-state index contributed by atoms with van der Waals surface area (Å²) in [6.07, 6.45) is 0. The molecule has 0 aliphatic rings. The summed E-state index contributed by atoms with van der Waals surface area (Å²) < 4.78 is 7.00. The van der Waals surface area contributed by atoms with E-state index in [1.807, 2.05) is 66.7 Å². The third kappa shape index (κ3) is 3.23. The number of methoxy groups -OCH3 is 1. The Hall–Kier alpha value is -4.00. The predicted octanol–water partition coefficient (Wildman–Crippen LogP) is 3.94. The lowest BCUT2D eigenvalue weighted by atomic mass is 10.1. The third-order valence-corrected chi connectivity index (χ3v) is 4.91. The Morgan fingerprint density at radius 2 is 1.66 bits per heavy atom. The van der Waals surface area contributed by atoms with Crippen LogP contribution < -0.4 is 4.74 Å². The molecule has 29 heavy (non-hydrogen) atoms. The molecule has 7 heteroatoms. The number of aromatic amines is 1. The lowest BCUT2D eigenvalue weighted by Crippen LogP contribution is -2.04. The summed E-state index contributed by atoms with van der Waals surface area (Å²) in [6.45, 7) is 0.581. The maximum atomic E-state index is 5.21. The molecule has 7 nitrogen and oxygen atoms in total. The van der Waals surface area contributed by atoms with Crippen LogP contribution in [0.1, 0.15) is 5.56 Å². The van der Waals surface area contributed by atoms with Crippen LogP contribution in [0.15, 0.2) is 72.8 Å². The Bertz CT molecular complexity index is 1250. The first-order valence-corrected chi connectivity index (χ1v) is 9.25. The highest BCUT2D eigenvalue weighted by Crippen LogP contribution is 2.28. The molecule has 5 aromatic rings. The van der Waals surface area contributed by atoms with Crippen molar-refractivity contribution in [3.05, 3.63) is 78.4 Å². The number of fused-ring (bicyclic) bond motifs is 1. The molecule has 0 unspecified atom stereocenters. The van der Waals surface area contributed by atoms with E-state index in [2.05, 4.69) is 31.8 Å². The Morgan fingerprint density at radius 1 is 0.897 bits per heavy atom. The Labute approximate surface area is 167 Å². The van der Waals surface area contributed by atoms with Crippen LogP contribution in [0.3, 0.4) is 0 Å². The Kier molecular flexibility index (Phi) is 4.25. The molecule has 0 amide bonds. The summed E-state index contributed by atoms with van der Waals surface area (Å²) in [5.74, 6) is 1.55. The van der Waals surface area contributed by atoms with Gasteiger partial charge in [0.1, 0.15) is 5.75 Å². The van der Waals surface area contributed by atoms with E-state index >= 15 is 0 Å². The second-order valence-electron chi connectivity index (χ2n) is 6.70. The number of nitrogens with one attached hydrogen (secondary N) is 1. The normalized spacial score (nSPS) is 11.1. The zero-order valence-corrected chi connectivity index (χ0v) is 15.8. The summed E-state index contributed by atoms with van der Waals surface area (Å²) in [7, 11) is 1.66. The van der Waals surface area contributed by atoms with Gasteiger partial charge in [-0.05, 0) is 34.2 Å². The minimum Gasteiger partial charge on any atom is -0.497 e. The van der Waals surface area contributed by atoms with Gasteiger partial charge in [0.25, 0.3) is 0 Å². The molecule has 0 aliphatic heterocycles. The van der Waals surface area contributed by atoms with Crippen molar-refractivity contribution in [1.29, 1.82) is 0 Å². The molecule has 0 saturated heterocycles.